The maximum atomic E-state index is 8.57. The highest BCUT2D eigenvalue weighted by Gasteiger charge is 2.05. The van der Waals surface area contributed by atoms with E-state index in [2.05, 4.69) is 5.16 Å². The summed E-state index contributed by atoms with van der Waals surface area (Å²) in [5, 5.41) is 12.0. The third-order valence-corrected chi connectivity index (χ3v) is 2.74. The van der Waals surface area contributed by atoms with Crippen LogP contribution in [0.15, 0.2) is 23.4 Å². The molecule has 1 aromatic carbocycles. The molecule has 6 heteroatoms. The first-order valence-electron chi connectivity index (χ1n) is 6.00. The largest absolute Gasteiger partial charge is 0.409 e. The molecule has 0 aliphatic heterocycles. The van der Waals surface area contributed by atoms with Gasteiger partial charge in [-0.3, -0.25) is 0 Å². The van der Waals surface area contributed by atoms with E-state index in [0.717, 1.165) is 5.56 Å². The zero-order valence-electron chi connectivity index (χ0n) is 11.1. The van der Waals surface area contributed by atoms with Crippen molar-refractivity contribution in [2.75, 3.05) is 13.2 Å². The predicted molar refractivity (Wildman–Crippen MR) is 74.7 cm³/mol. The van der Waals surface area contributed by atoms with Gasteiger partial charge in [0.2, 0.25) is 0 Å². The van der Waals surface area contributed by atoms with Crippen LogP contribution in [0.4, 0.5) is 0 Å². The van der Waals surface area contributed by atoms with E-state index in [-0.39, 0.29) is 11.9 Å². The smallest absolute Gasteiger partial charge is 0.170 e. The van der Waals surface area contributed by atoms with Gasteiger partial charge in [0, 0.05) is 10.6 Å². The number of hydrogen-bond acceptors (Lipinski definition) is 4. The number of ether oxygens (including phenoxy) is 2. The number of benzene rings is 1. The summed E-state index contributed by atoms with van der Waals surface area (Å²) in [5.74, 6) is 0.0275. The SMILES string of the molecule is CC(C)OCCOCc1ccc(/C(N)=N/O)cc1Cl. The first-order chi connectivity index (χ1) is 9.04. The van der Waals surface area contributed by atoms with Crippen molar-refractivity contribution in [3.05, 3.63) is 34.3 Å². The minimum atomic E-state index is 0.0275. The molecule has 0 amide bonds. The van der Waals surface area contributed by atoms with E-state index in [0.29, 0.717) is 30.4 Å². The van der Waals surface area contributed by atoms with E-state index >= 15 is 0 Å². The van der Waals surface area contributed by atoms with E-state index in [1.807, 2.05) is 13.8 Å². The second-order valence-corrected chi connectivity index (χ2v) is 4.67. The van der Waals surface area contributed by atoms with E-state index in [9.17, 15) is 0 Å². The van der Waals surface area contributed by atoms with Crippen LogP contribution >= 0.6 is 11.6 Å². The Morgan fingerprint density at radius 2 is 2.16 bits per heavy atom. The standard InChI is InChI=1S/C13H19ClN2O3/c1-9(2)19-6-5-18-8-11-4-3-10(7-12(11)14)13(15)16-17/h3-4,7,9,17H,5-6,8H2,1-2H3,(H2,15,16). The lowest BCUT2D eigenvalue weighted by Crippen LogP contribution is -2.13. The summed E-state index contributed by atoms with van der Waals surface area (Å²) in [4.78, 5) is 0. The van der Waals surface area contributed by atoms with Gasteiger partial charge in [-0.25, -0.2) is 0 Å². The second kappa shape index (κ2) is 7.99. The van der Waals surface area contributed by atoms with Crippen molar-refractivity contribution in [3.63, 3.8) is 0 Å². The third kappa shape index (κ3) is 5.46. The Labute approximate surface area is 117 Å². The average Bonchev–Trinajstić information content (AvgIpc) is 2.38. The van der Waals surface area contributed by atoms with Gasteiger partial charge in [-0.15, -0.1) is 0 Å². The Bertz CT molecular complexity index is 436. The van der Waals surface area contributed by atoms with Gasteiger partial charge >= 0.3 is 0 Å². The number of amidine groups is 1. The Morgan fingerprint density at radius 1 is 1.42 bits per heavy atom. The molecule has 0 fully saturated rings. The zero-order valence-corrected chi connectivity index (χ0v) is 11.9. The highest BCUT2D eigenvalue weighted by atomic mass is 35.5. The van der Waals surface area contributed by atoms with E-state index in [1.54, 1.807) is 18.2 Å². The summed E-state index contributed by atoms with van der Waals surface area (Å²) in [6.45, 7) is 5.41. The van der Waals surface area contributed by atoms with Crippen LogP contribution in [-0.4, -0.2) is 30.4 Å². The van der Waals surface area contributed by atoms with Crippen molar-refractivity contribution in [1.82, 2.24) is 0 Å². The molecule has 1 aromatic rings. The quantitative estimate of drug-likeness (QED) is 0.265. The number of halogens is 1. The molecule has 0 saturated carbocycles. The molecule has 3 N–H and O–H groups in total. The molecule has 5 nitrogen and oxygen atoms in total. The highest BCUT2D eigenvalue weighted by molar-refractivity contribution is 6.31. The molecule has 0 saturated heterocycles. The van der Waals surface area contributed by atoms with Crippen LogP contribution in [0.1, 0.15) is 25.0 Å². The molecule has 106 valence electrons. The van der Waals surface area contributed by atoms with Crippen LogP contribution in [0.25, 0.3) is 0 Å². The lowest BCUT2D eigenvalue weighted by molar-refractivity contribution is 0.0143. The highest BCUT2D eigenvalue weighted by Crippen LogP contribution is 2.18. The lowest BCUT2D eigenvalue weighted by atomic mass is 10.1. The summed E-state index contributed by atoms with van der Waals surface area (Å²) >= 11 is 6.09. The minimum absolute atomic E-state index is 0.0275. The number of nitrogens with zero attached hydrogens (tertiary/aromatic N) is 1. The van der Waals surface area contributed by atoms with Gasteiger partial charge in [-0.05, 0) is 25.5 Å². The van der Waals surface area contributed by atoms with Crippen molar-refractivity contribution < 1.29 is 14.7 Å². The van der Waals surface area contributed by atoms with Gasteiger partial charge in [0.05, 0.1) is 25.9 Å². The van der Waals surface area contributed by atoms with Gasteiger partial charge in [-0.2, -0.15) is 0 Å². The van der Waals surface area contributed by atoms with E-state index in [4.69, 9.17) is 32.0 Å². The van der Waals surface area contributed by atoms with Crippen molar-refractivity contribution in [2.45, 2.75) is 26.6 Å². The first kappa shape index (κ1) is 15.8. The molecule has 0 unspecified atom stereocenters. The molecule has 1 rings (SSSR count). The van der Waals surface area contributed by atoms with Gasteiger partial charge in [-0.1, -0.05) is 28.9 Å². The Morgan fingerprint density at radius 3 is 2.74 bits per heavy atom. The number of rotatable bonds is 7. The topological polar surface area (TPSA) is 77.1 Å². The Hall–Kier alpha value is -1.30. The fourth-order valence-electron chi connectivity index (χ4n) is 1.41. The molecule has 0 aliphatic carbocycles. The van der Waals surface area contributed by atoms with E-state index in [1.165, 1.54) is 0 Å². The summed E-state index contributed by atoms with van der Waals surface area (Å²) in [6.07, 6.45) is 0.201. The molecule has 19 heavy (non-hydrogen) atoms. The molecule has 0 atom stereocenters. The third-order valence-electron chi connectivity index (χ3n) is 2.39. The molecule has 0 aromatic heterocycles. The van der Waals surface area contributed by atoms with Crippen molar-refractivity contribution >= 4 is 17.4 Å². The fraction of sp³-hybridized carbons (Fsp3) is 0.462. The minimum Gasteiger partial charge on any atom is -0.409 e. The van der Waals surface area contributed by atoms with E-state index < -0.39 is 0 Å². The summed E-state index contributed by atoms with van der Waals surface area (Å²) in [7, 11) is 0. The summed E-state index contributed by atoms with van der Waals surface area (Å²) in [5.41, 5.74) is 6.89. The molecule has 0 spiro atoms. The van der Waals surface area contributed by atoms with Crippen molar-refractivity contribution in [1.29, 1.82) is 0 Å². The lowest BCUT2D eigenvalue weighted by Gasteiger charge is -2.09. The molecule has 0 aliphatic rings. The van der Waals surface area contributed by atoms with Gasteiger partial charge in [0.25, 0.3) is 0 Å². The van der Waals surface area contributed by atoms with Crippen LogP contribution in [0, 0.1) is 0 Å². The molecular weight excluding hydrogens is 268 g/mol. The van der Waals surface area contributed by atoms with Crippen molar-refractivity contribution in [2.24, 2.45) is 10.9 Å². The number of oxime groups is 1. The second-order valence-electron chi connectivity index (χ2n) is 4.26. The predicted octanol–water partition coefficient (Wildman–Crippen LogP) is 2.38. The molecule has 0 radical (unpaired) electrons. The van der Waals surface area contributed by atoms with Crippen molar-refractivity contribution in [3.8, 4) is 0 Å². The monoisotopic (exact) mass is 286 g/mol. The number of nitrogens with two attached hydrogens (primary N) is 1. The molecule has 0 bridgehead atoms. The fourth-order valence-corrected chi connectivity index (χ4v) is 1.64. The van der Waals surface area contributed by atoms with Crippen LogP contribution in [0.5, 0.6) is 0 Å². The molecule has 0 heterocycles. The van der Waals surface area contributed by atoms with Crippen LogP contribution in [0.3, 0.4) is 0 Å². The summed E-state index contributed by atoms with van der Waals surface area (Å²) < 4.78 is 10.8. The number of hydrogen-bond donors (Lipinski definition) is 2. The summed E-state index contributed by atoms with van der Waals surface area (Å²) in [6, 6.07) is 5.16. The van der Waals surface area contributed by atoms with Gasteiger partial charge in [0.1, 0.15) is 0 Å². The first-order valence-corrected chi connectivity index (χ1v) is 6.38. The zero-order chi connectivity index (χ0) is 14.3. The van der Waals surface area contributed by atoms with Crippen LogP contribution in [0.2, 0.25) is 5.02 Å². The molecular formula is C13H19ClN2O3. The average molecular weight is 287 g/mol. The van der Waals surface area contributed by atoms with Gasteiger partial charge in [0.15, 0.2) is 5.84 Å². The van der Waals surface area contributed by atoms with Crippen LogP contribution < -0.4 is 5.73 Å². The van der Waals surface area contributed by atoms with Crippen LogP contribution in [-0.2, 0) is 16.1 Å². The maximum Gasteiger partial charge on any atom is 0.170 e. The van der Waals surface area contributed by atoms with Gasteiger partial charge < -0.3 is 20.4 Å². The maximum absolute atomic E-state index is 8.57. The normalized spacial score (nSPS) is 12.1. The Balaban J connectivity index is 2.47. The Kier molecular flexibility index (Phi) is 6.62.